The highest BCUT2D eigenvalue weighted by atomic mass is 16.6. The number of carbonyl (C=O) groups excluding carboxylic acids is 1. The molecular weight excluding hydrogens is 542 g/mol. The Morgan fingerprint density at radius 2 is 1.77 bits per heavy atom. The number of ether oxygens (including phenoxy) is 1. The zero-order chi connectivity index (χ0) is 31.4. The lowest BCUT2D eigenvalue weighted by atomic mass is 9.66. The first-order valence-electron chi connectivity index (χ1n) is 14.7. The number of hydrogen-bond donors (Lipinski definition) is 0. The molecule has 2 aromatic carbocycles. The number of nitrogens with zero attached hydrogens (tertiary/aromatic N) is 5. The second-order valence-corrected chi connectivity index (χ2v) is 12.3. The van der Waals surface area contributed by atoms with Crippen LogP contribution >= 0.6 is 0 Å². The lowest BCUT2D eigenvalue weighted by Gasteiger charge is -2.46. The molecule has 1 amide bonds. The van der Waals surface area contributed by atoms with Crippen LogP contribution in [0, 0.1) is 29.6 Å². The Morgan fingerprint density at radius 3 is 2.40 bits per heavy atom. The molecular formula is C34H39N5O4. The fourth-order valence-electron chi connectivity index (χ4n) is 6.11. The van der Waals surface area contributed by atoms with E-state index in [1.807, 2.05) is 37.3 Å². The minimum atomic E-state index is -1.15. The quantitative estimate of drug-likeness (QED) is 0.366. The van der Waals surface area contributed by atoms with E-state index in [0.717, 1.165) is 5.56 Å². The van der Waals surface area contributed by atoms with Crippen LogP contribution in [0.3, 0.4) is 0 Å². The van der Waals surface area contributed by atoms with Crippen LogP contribution in [0.2, 0.25) is 0 Å². The summed E-state index contributed by atoms with van der Waals surface area (Å²) in [4.78, 5) is 43.3. The molecule has 3 aromatic rings. The lowest BCUT2D eigenvalue weighted by molar-refractivity contribution is 0.000877. The summed E-state index contributed by atoms with van der Waals surface area (Å²) in [5.41, 5.74) is -0.684. The van der Waals surface area contributed by atoms with Gasteiger partial charge in [0.1, 0.15) is 5.60 Å². The van der Waals surface area contributed by atoms with Crippen LogP contribution in [0.1, 0.15) is 81.7 Å². The molecule has 1 fully saturated rings. The molecule has 3 atom stereocenters. The van der Waals surface area contributed by atoms with Crippen molar-refractivity contribution >= 4 is 6.09 Å². The Bertz CT molecular complexity index is 1670. The van der Waals surface area contributed by atoms with Crippen LogP contribution in [0.4, 0.5) is 4.79 Å². The van der Waals surface area contributed by atoms with E-state index in [2.05, 4.69) is 12.1 Å². The normalized spacial score (nSPS) is 20.1. The van der Waals surface area contributed by atoms with Crippen molar-refractivity contribution in [1.29, 1.82) is 10.5 Å². The van der Waals surface area contributed by atoms with Gasteiger partial charge in [0.05, 0.1) is 41.7 Å². The number of benzene rings is 2. The van der Waals surface area contributed by atoms with Crippen LogP contribution in [-0.2, 0) is 16.7 Å². The van der Waals surface area contributed by atoms with Crippen molar-refractivity contribution in [2.75, 3.05) is 6.54 Å². The Hall–Kier alpha value is -4.63. The number of aryl methyl sites for hydroxylation is 1. The van der Waals surface area contributed by atoms with Gasteiger partial charge >= 0.3 is 11.8 Å². The maximum absolute atomic E-state index is 14.2. The van der Waals surface area contributed by atoms with Crippen molar-refractivity contribution in [2.45, 2.75) is 89.9 Å². The molecule has 1 heterocycles. The molecule has 9 nitrogen and oxygen atoms in total. The van der Waals surface area contributed by atoms with E-state index in [4.69, 9.17) is 4.74 Å². The number of hydrogen-bond acceptors (Lipinski definition) is 6. The first-order chi connectivity index (χ1) is 20.4. The monoisotopic (exact) mass is 581 g/mol. The van der Waals surface area contributed by atoms with Crippen LogP contribution in [0.25, 0.3) is 0 Å². The molecule has 1 saturated carbocycles. The average Bonchev–Trinajstić information content (AvgIpc) is 2.98. The summed E-state index contributed by atoms with van der Waals surface area (Å²) in [5.74, 6) is 0. The smallest absolute Gasteiger partial charge is 0.410 e. The van der Waals surface area contributed by atoms with E-state index < -0.39 is 40.4 Å². The minimum Gasteiger partial charge on any atom is -0.444 e. The molecule has 0 spiro atoms. The third kappa shape index (κ3) is 6.57. The fourth-order valence-corrected chi connectivity index (χ4v) is 6.11. The standard InChI is InChI=1S/C34H39N5O4/c1-6-18-38(32(42)43-33(3,4)5)28-16-17-34(23-36,27-15-11-10-14-26(27)20-35)19-29(28)39-30(40)24(2)21-37(31(39)41)22-25-12-8-7-9-13-25/h7-15,21,28-29H,6,16-19,22H2,1-5H3/t28?,29-,34-/m1/s1. The van der Waals surface area contributed by atoms with Crippen molar-refractivity contribution in [1.82, 2.24) is 14.0 Å². The summed E-state index contributed by atoms with van der Waals surface area (Å²) < 4.78 is 8.52. The predicted octanol–water partition coefficient (Wildman–Crippen LogP) is 5.44. The highest BCUT2D eigenvalue weighted by Crippen LogP contribution is 2.46. The number of aromatic nitrogens is 2. The lowest BCUT2D eigenvalue weighted by Crippen LogP contribution is -2.56. The highest BCUT2D eigenvalue weighted by molar-refractivity contribution is 5.68. The Labute approximate surface area is 252 Å². The topological polar surface area (TPSA) is 121 Å². The first-order valence-corrected chi connectivity index (χ1v) is 14.7. The number of carbonyl (C=O) groups is 1. The average molecular weight is 582 g/mol. The Morgan fingerprint density at radius 1 is 1.09 bits per heavy atom. The molecule has 0 N–H and O–H groups in total. The SMILES string of the molecule is CCCN(C(=O)OC(C)(C)C)C1CC[C@@](C#N)(c2ccccc2C#N)C[C@H]1n1c(=O)c(C)cn(Cc2ccccc2)c1=O. The van der Waals surface area contributed by atoms with Gasteiger partial charge in [-0.25, -0.2) is 9.59 Å². The summed E-state index contributed by atoms with van der Waals surface area (Å²) in [5, 5.41) is 20.6. The van der Waals surface area contributed by atoms with Gasteiger partial charge in [-0.1, -0.05) is 55.5 Å². The summed E-state index contributed by atoms with van der Waals surface area (Å²) in [6.07, 6.45) is 2.40. The molecule has 0 aliphatic heterocycles. The van der Waals surface area contributed by atoms with Gasteiger partial charge in [0.15, 0.2) is 0 Å². The van der Waals surface area contributed by atoms with Gasteiger partial charge in [-0.3, -0.25) is 13.9 Å². The van der Waals surface area contributed by atoms with E-state index in [0.29, 0.717) is 42.5 Å². The zero-order valence-electron chi connectivity index (χ0n) is 25.5. The van der Waals surface area contributed by atoms with Crippen LogP contribution in [-0.4, -0.2) is 38.3 Å². The maximum atomic E-state index is 14.2. The van der Waals surface area contributed by atoms with Gasteiger partial charge in [0.2, 0.25) is 0 Å². The molecule has 0 radical (unpaired) electrons. The summed E-state index contributed by atoms with van der Waals surface area (Å²) in [7, 11) is 0. The zero-order valence-corrected chi connectivity index (χ0v) is 25.5. The van der Waals surface area contributed by atoms with Crippen molar-refractivity contribution in [3.63, 3.8) is 0 Å². The summed E-state index contributed by atoms with van der Waals surface area (Å²) in [6, 6.07) is 19.7. The van der Waals surface area contributed by atoms with Gasteiger partial charge in [-0.15, -0.1) is 0 Å². The Balaban J connectivity index is 1.93. The largest absolute Gasteiger partial charge is 0.444 e. The number of amides is 1. The molecule has 4 rings (SSSR count). The number of nitriles is 2. The molecule has 1 aliphatic rings. The Kier molecular flexibility index (Phi) is 9.25. The van der Waals surface area contributed by atoms with E-state index in [-0.39, 0.29) is 13.0 Å². The van der Waals surface area contributed by atoms with Gasteiger partial charge in [0, 0.05) is 18.3 Å². The third-order valence-electron chi connectivity index (χ3n) is 8.02. The first kappa shape index (κ1) is 31.3. The van der Waals surface area contributed by atoms with Crippen LogP contribution in [0.5, 0.6) is 0 Å². The van der Waals surface area contributed by atoms with E-state index >= 15 is 0 Å². The van der Waals surface area contributed by atoms with Crippen LogP contribution in [0.15, 0.2) is 70.4 Å². The van der Waals surface area contributed by atoms with Gasteiger partial charge in [-0.2, -0.15) is 10.5 Å². The predicted molar refractivity (Wildman–Crippen MR) is 164 cm³/mol. The molecule has 1 unspecified atom stereocenters. The minimum absolute atomic E-state index is 0.0693. The molecule has 9 heteroatoms. The van der Waals surface area contributed by atoms with Crippen molar-refractivity contribution in [3.8, 4) is 12.1 Å². The summed E-state index contributed by atoms with van der Waals surface area (Å²) in [6.45, 7) is 9.59. The van der Waals surface area contributed by atoms with E-state index in [1.165, 1.54) is 9.13 Å². The second kappa shape index (κ2) is 12.7. The third-order valence-corrected chi connectivity index (χ3v) is 8.02. The fraction of sp³-hybridized carbons (Fsp3) is 0.441. The van der Waals surface area contributed by atoms with Gasteiger partial charge in [-0.05, 0) is 70.6 Å². The molecule has 0 saturated heterocycles. The highest BCUT2D eigenvalue weighted by Gasteiger charge is 2.48. The van der Waals surface area contributed by atoms with Crippen molar-refractivity contribution in [2.24, 2.45) is 0 Å². The van der Waals surface area contributed by atoms with Gasteiger partial charge < -0.3 is 9.64 Å². The van der Waals surface area contributed by atoms with E-state index in [9.17, 15) is 24.9 Å². The maximum Gasteiger partial charge on any atom is 0.410 e. The number of rotatable bonds is 7. The van der Waals surface area contributed by atoms with Crippen LogP contribution < -0.4 is 11.2 Å². The summed E-state index contributed by atoms with van der Waals surface area (Å²) >= 11 is 0. The molecule has 1 aromatic heterocycles. The van der Waals surface area contributed by atoms with Crippen molar-refractivity contribution in [3.05, 3.63) is 104 Å². The molecule has 43 heavy (non-hydrogen) atoms. The van der Waals surface area contributed by atoms with Crippen molar-refractivity contribution < 1.29 is 9.53 Å². The second-order valence-electron chi connectivity index (χ2n) is 12.3. The molecule has 1 aliphatic carbocycles. The molecule has 0 bridgehead atoms. The molecule has 224 valence electrons. The van der Waals surface area contributed by atoms with E-state index in [1.54, 1.807) is 63.1 Å². The van der Waals surface area contributed by atoms with Gasteiger partial charge in [0.25, 0.3) is 5.56 Å².